The van der Waals surface area contributed by atoms with E-state index < -0.39 is 0 Å². The van der Waals surface area contributed by atoms with Gasteiger partial charge >= 0.3 is 0 Å². The molecule has 0 aliphatic carbocycles. The number of aliphatic hydroxyl groups excluding tert-OH is 1. The van der Waals surface area contributed by atoms with Gasteiger partial charge in [-0.15, -0.1) is 0 Å². The Balaban J connectivity index is 2.07. The first-order valence-corrected chi connectivity index (χ1v) is 7.20. The Morgan fingerprint density at radius 1 is 1.00 bits per heavy atom. The predicted molar refractivity (Wildman–Crippen MR) is 82.4 cm³/mol. The second kappa shape index (κ2) is 11.2. The summed E-state index contributed by atoms with van der Waals surface area (Å²) in [4.78, 5) is 0. The summed E-state index contributed by atoms with van der Waals surface area (Å²) in [5.41, 5.74) is 0.856. The summed E-state index contributed by atoms with van der Waals surface area (Å²) in [6.07, 6.45) is 0. The van der Waals surface area contributed by atoms with Crippen LogP contribution in [-0.2, 0) is 9.47 Å². The highest BCUT2D eigenvalue weighted by molar-refractivity contribution is 5.38. The number of hydrogen-bond donors (Lipinski definition) is 1. The first-order chi connectivity index (χ1) is 10.2. The normalized spacial score (nSPS) is 10.3. The van der Waals surface area contributed by atoms with Crippen molar-refractivity contribution in [1.82, 2.24) is 0 Å². The lowest BCUT2D eigenvalue weighted by Crippen LogP contribution is -2.12. The zero-order valence-corrected chi connectivity index (χ0v) is 12.8. The third-order valence-electron chi connectivity index (χ3n) is 2.49. The van der Waals surface area contributed by atoms with Crippen LogP contribution in [0.15, 0.2) is 24.3 Å². The summed E-state index contributed by atoms with van der Waals surface area (Å²) in [6.45, 7) is 7.14. The molecule has 1 N–H and O–H groups in total. The van der Waals surface area contributed by atoms with Gasteiger partial charge in [-0.3, -0.25) is 0 Å². The van der Waals surface area contributed by atoms with Gasteiger partial charge in [-0.25, -0.2) is 0 Å². The first kappa shape index (κ1) is 17.5. The highest BCUT2D eigenvalue weighted by Crippen LogP contribution is 2.11. The van der Waals surface area contributed by atoms with Crippen LogP contribution in [0.4, 0.5) is 0 Å². The van der Waals surface area contributed by atoms with Crippen molar-refractivity contribution < 1.29 is 19.3 Å². The van der Waals surface area contributed by atoms with Gasteiger partial charge in [-0.05, 0) is 30.2 Å². The van der Waals surface area contributed by atoms with Gasteiger partial charge in [-0.1, -0.05) is 25.7 Å². The summed E-state index contributed by atoms with van der Waals surface area (Å²) >= 11 is 0. The fraction of sp³-hybridized carbons (Fsp3) is 0.529. The maximum atomic E-state index is 8.61. The summed E-state index contributed by atoms with van der Waals surface area (Å²) in [5, 5.41) is 8.61. The van der Waals surface area contributed by atoms with Crippen LogP contribution in [0.25, 0.3) is 0 Å². The Morgan fingerprint density at radius 3 is 2.33 bits per heavy atom. The Kier molecular flexibility index (Phi) is 9.30. The molecule has 0 saturated carbocycles. The Hall–Kier alpha value is -1.54. The fourth-order valence-electron chi connectivity index (χ4n) is 1.53. The molecule has 0 atom stereocenters. The molecule has 0 unspecified atom stereocenters. The van der Waals surface area contributed by atoms with Crippen molar-refractivity contribution in [1.29, 1.82) is 0 Å². The number of aliphatic hydroxyl groups is 1. The van der Waals surface area contributed by atoms with Gasteiger partial charge in [-0.2, -0.15) is 0 Å². The van der Waals surface area contributed by atoms with Crippen molar-refractivity contribution in [3.63, 3.8) is 0 Å². The van der Waals surface area contributed by atoms with Crippen LogP contribution in [0.3, 0.4) is 0 Å². The minimum atomic E-state index is -0.128. The Labute approximate surface area is 127 Å². The topological polar surface area (TPSA) is 47.9 Å². The van der Waals surface area contributed by atoms with Crippen molar-refractivity contribution in [2.75, 3.05) is 39.6 Å². The zero-order chi connectivity index (χ0) is 15.3. The largest absolute Gasteiger partial charge is 0.491 e. The maximum Gasteiger partial charge on any atom is 0.119 e. The van der Waals surface area contributed by atoms with Crippen LogP contribution in [0, 0.1) is 17.8 Å². The van der Waals surface area contributed by atoms with Crippen molar-refractivity contribution in [2.45, 2.75) is 13.8 Å². The molecule has 1 aromatic carbocycles. The van der Waals surface area contributed by atoms with Gasteiger partial charge < -0.3 is 19.3 Å². The van der Waals surface area contributed by atoms with E-state index in [1.54, 1.807) is 0 Å². The minimum Gasteiger partial charge on any atom is -0.491 e. The van der Waals surface area contributed by atoms with Gasteiger partial charge in [0, 0.05) is 12.2 Å². The van der Waals surface area contributed by atoms with Crippen LogP contribution in [0.2, 0.25) is 0 Å². The molecule has 0 radical (unpaired) electrons. The van der Waals surface area contributed by atoms with Crippen LogP contribution < -0.4 is 4.74 Å². The highest BCUT2D eigenvalue weighted by atomic mass is 16.5. The molecule has 21 heavy (non-hydrogen) atoms. The lowest BCUT2D eigenvalue weighted by Gasteiger charge is -2.08. The molecule has 1 aromatic rings. The Morgan fingerprint density at radius 2 is 1.67 bits per heavy atom. The smallest absolute Gasteiger partial charge is 0.119 e. The number of ether oxygens (including phenoxy) is 3. The molecule has 0 aliphatic rings. The molecule has 0 amide bonds. The average molecular weight is 292 g/mol. The van der Waals surface area contributed by atoms with Crippen LogP contribution >= 0.6 is 0 Å². The number of benzene rings is 1. The molecule has 0 aromatic heterocycles. The van der Waals surface area contributed by atoms with E-state index in [-0.39, 0.29) is 6.61 Å². The molecule has 0 aliphatic heterocycles. The van der Waals surface area contributed by atoms with Crippen LogP contribution in [-0.4, -0.2) is 44.7 Å². The van der Waals surface area contributed by atoms with E-state index in [1.807, 2.05) is 24.3 Å². The van der Waals surface area contributed by atoms with Crippen LogP contribution in [0.1, 0.15) is 19.4 Å². The monoisotopic (exact) mass is 292 g/mol. The highest BCUT2D eigenvalue weighted by Gasteiger charge is 1.96. The van der Waals surface area contributed by atoms with E-state index in [0.717, 1.165) is 17.9 Å². The van der Waals surface area contributed by atoms with Gasteiger partial charge in [0.15, 0.2) is 0 Å². The maximum absolute atomic E-state index is 8.61. The Bertz CT molecular complexity index is 428. The molecule has 0 saturated heterocycles. The van der Waals surface area contributed by atoms with Gasteiger partial charge in [0.05, 0.1) is 19.8 Å². The molecule has 4 nitrogen and oxygen atoms in total. The third kappa shape index (κ3) is 9.09. The van der Waals surface area contributed by atoms with E-state index in [4.69, 9.17) is 19.3 Å². The molecular weight excluding hydrogens is 268 g/mol. The quantitative estimate of drug-likeness (QED) is 0.559. The summed E-state index contributed by atoms with van der Waals surface area (Å²) in [7, 11) is 0. The van der Waals surface area contributed by atoms with Crippen molar-refractivity contribution in [2.24, 2.45) is 5.92 Å². The lowest BCUT2D eigenvalue weighted by molar-refractivity contribution is 0.0282. The van der Waals surface area contributed by atoms with Gasteiger partial charge in [0.2, 0.25) is 0 Å². The van der Waals surface area contributed by atoms with Crippen molar-refractivity contribution in [3.8, 4) is 17.6 Å². The molecule has 0 bridgehead atoms. The number of hydrogen-bond acceptors (Lipinski definition) is 4. The van der Waals surface area contributed by atoms with Gasteiger partial charge in [0.1, 0.15) is 19.0 Å². The van der Waals surface area contributed by atoms with E-state index in [9.17, 15) is 0 Å². The minimum absolute atomic E-state index is 0.128. The van der Waals surface area contributed by atoms with Crippen LogP contribution in [0.5, 0.6) is 5.75 Å². The standard InChI is InChI=1S/C17H24O4/c1-15(2)14-20-11-10-19-12-13-21-17-7-5-16(6-8-17)4-3-9-18/h5-8,15,18H,9-14H2,1-2H3. The third-order valence-corrected chi connectivity index (χ3v) is 2.49. The first-order valence-electron chi connectivity index (χ1n) is 7.20. The van der Waals surface area contributed by atoms with Gasteiger partial charge in [0.25, 0.3) is 0 Å². The fourth-order valence-corrected chi connectivity index (χ4v) is 1.53. The zero-order valence-electron chi connectivity index (χ0n) is 12.8. The van der Waals surface area contributed by atoms with E-state index in [1.165, 1.54) is 0 Å². The predicted octanol–water partition coefficient (Wildman–Crippen LogP) is 2.10. The second-order valence-corrected chi connectivity index (χ2v) is 4.91. The summed E-state index contributed by atoms with van der Waals surface area (Å²) in [6, 6.07) is 7.43. The van der Waals surface area contributed by atoms with Crippen molar-refractivity contribution in [3.05, 3.63) is 29.8 Å². The lowest BCUT2D eigenvalue weighted by atomic mass is 10.2. The molecule has 4 heteroatoms. The molecule has 0 heterocycles. The summed E-state index contributed by atoms with van der Waals surface area (Å²) in [5.74, 6) is 6.77. The van der Waals surface area contributed by atoms with E-state index in [2.05, 4.69) is 25.7 Å². The molecule has 116 valence electrons. The summed E-state index contributed by atoms with van der Waals surface area (Å²) < 4.78 is 16.4. The molecular formula is C17H24O4. The van der Waals surface area contributed by atoms with Crippen molar-refractivity contribution >= 4 is 0 Å². The van der Waals surface area contributed by atoms with E-state index >= 15 is 0 Å². The van der Waals surface area contributed by atoms with E-state index in [0.29, 0.717) is 32.3 Å². The molecule has 0 fully saturated rings. The molecule has 1 rings (SSSR count). The molecule has 0 spiro atoms. The average Bonchev–Trinajstić information content (AvgIpc) is 2.48. The second-order valence-electron chi connectivity index (χ2n) is 4.91. The SMILES string of the molecule is CC(C)COCCOCCOc1ccc(C#CCO)cc1. The number of rotatable bonds is 9.